The molecule has 1 aromatic carbocycles. The first-order chi connectivity index (χ1) is 9.94. The summed E-state index contributed by atoms with van der Waals surface area (Å²) < 4.78 is 7.39. The third-order valence-electron chi connectivity index (χ3n) is 4.12. The standard InChI is InChI=1S/C18H23NO2/c1-5-18(2,3)14-8-10-15(11-9-14)21-13-17(20)16-7-6-12-19(16)4/h6-12H,5,13H2,1-4H3. The highest BCUT2D eigenvalue weighted by molar-refractivity contribution is 5.95. The highest BCUT2D eigenvalue weighted by atomic mass is 16.5. The van der Waals surface area contributed by atoms with E-state index >= 15 is 0 Å². The average molecular weight is 285 g/mol. The molecule has 1 heterocycles. The first-order valence-electron chi connectivity index (χ1n) is 7.32. The number of ether oxygens (including phenoxy) is 1. The first kappa shape index (κ1) is 15.4. The maximum atomic E-state index is 12.0. The molecule has 0 N–H and O–H groups in total. The molecule has 3 nitrogen and oxygen atoms in total. The van der Waals surface area contributed by atoms with Gasteiger partial charge in [-0.25, -0.2) is 0 Å². The number of hydrogen-bond acceptors (Lipinski definition) is 2. The van der Waals surface area contributed by atoms with Gasteiger partial charge in [0.2, 0.25) is 5.78 Å². The van der Waals surface area contributed by atoms with Gasteiger partial charge in [-0.15, -0.1) is 0 Å². The average Bonchev–Trinajstić information content (AvgIpc) is 2.91. The number of benzene rings is 1. The summed E-state index contributed by atoms with van der Waals surface area (Å²) in [7, 11) is 1.86. The van der Waals surface area contributed by atoms with Gasteiger partial charge < -0.3 is 9.30 Å². The molecule has 0 radical (unpaired) electrons. The molecule has 0 aliphatic rings. The van der Waals surface area contributed by atoms with Crippen LogP contribution in [0.2, 0.25) is 0 Å². The van der Waals surface area contributed by atoms with Crippen LogP contribution in [0, 0.1) is 0 Å². The van der Waals surface area contributed by atoms with Gasteiger partial charge in [0.1, 0.15) is 5.75 Å². The van der Waals surface area contributed by atoms with Crippen molar-refractivity contribution in [1.29, 1.82) is 0 Å². The second-order valence-electron chi connectivity index (χ2n) is 5.98. The van der Waals surface area contributed by atoms with E-state index in [1.54, 1.807) is 10.6 Å². The van der Waals surface area contributed by atoms with Crippen molar-refractivity contribution in [2.75, 3.05) is 6.61 Å². The van der Waals surface area contributed by atoms with Crippen molar-refractivity contribution in [2.45, 2.75) is 32.6 Å². The molecular formula is C18H23NO2. The smallest absolute Gasteiger partial charge is 0.216 e. The van der Waals surface area contributed by atoms with Gasteiger partial charge in [0.25, 0.3) is 0 Å². The number of aryl methyl sites for hydroxylation is 1. The number of nitrogens with zero attached hydrogens (tertiary/aromatic N) is 1. The molecule has 3 heteroatoms. The van der Waals surface area contributed by atoms with Crippen molar-refractivity contribution in [3.63, 3.8) is 0 Å². The van der Waals surface area contributed by atoms with E-state index in [0.29, 0.717) is 5.69 Å². The summed E-state index contributed by atoms with van der Waals surface area (Å²) in [6.45, 7) is 6.70. The van der Waals surface area contributed by atoms with Crippen molar-refractivity contribution < 1.29 is 9.53 Å². The Hall–Kier alpha value is -2.03. The number of rotatable bonds is 6. The maximum Gasteiger partial charge on any atom is 0.216 e. The van der Waals surface area contributed by atoms with Crippen molar-refractivity contribution in [3.8, 4) is 5.75 Å². The van der Waals surface area contributed by atoms with Crippen LogP contribution in [0.25, 0.3) is 0 Å². The van der Waals surface area contributed by atoms with Crippen LogP contribution in [0.1, 0.15) is 43.2 Å². The molecule has 21 heavy (non-hydrogen) atoms. The van der Waals surface area contributed by atoms with Gasteiger partial charge in [-0.2, -0.15) is 0 Å². The number of Topliss-reactive ketones (excluding diaryl/α,β-unsaturated/α-hetero) is 1. The topological polar surface area (TPSA) is 31.2 Å². The monoisotopic (exact) mass is 285 g/mol. The fourth-order valence-electron chi connectivity index (χ4n) is 2.18. The summed E-state index contributed by atoms with van der Waals surface area (Å²) in [6, 6.07) is 11.7. The van der Waals surface area contributed by atoms with Gasteiger partial charge in [-0.05, 0) is 41.7 Å². The Morgan fingerprint density at radius 3 is 2.38 bits per heavy atom. The first-order valence-corrected chi connectivity index (χ1v) is 7.32. The van der Waals surface area contributed by atoms with Gasteiger partial charge in [0.05, 0.1) is 5.69 Å². The Balaban J connectivity index is 1.98. The van der Waals surface area contributed by atoms with Crippen LogP contribution in [0.4, 0.5) is 0 Å². The Kier molecular flexibility index (Phi) is 4.51. The number of hydrogen-bond donors (Lipinski definition) is 0. The van der Waals surface area contributed by atoms with Crippen LogP contribution >= 0.6 is 0 Å². The van der Waals surface area contributed by atoms with Gasteiger partial charge >= 0.3 is 0 Å². The highest BCUT2D eigenvalue weighted by Gasteiger charge is 2.17. The predicted octanol–water partition coefficient (Wildman–Crippen LogP) is 3.97. The van der Waals surface area contributed by atoms with E-state index < -0.39 is 0 Å². The molecule has 0 atom stereocenters. The minimum absolute atomic E-state index is 0.0135. The summed E-state index contributed by atoms with van der Waals surface area (Å²) in [6.07, 6.45) is 2.94. The normalized spacial score (nSPS) is 11.4. The van der Waals surface area contributed by atoms with Gasteiger partial charge in [0, 0.05) is 13.2 Å². The summed E-state index contributed by atoms with van der Waals surface area (Å²) in [5.41, 5.74) is 2.11. The fourth-order valence-corrected chi connectivity index (χ4v) is 2.18. The molecule has 2 aromatic rings. The van der Waals surface area contributed by atoms with E-state index in [0.717, 1.165) is 12.2 Å². The van der Waals surface area contributed by atoms with E-state index in [1.807, 2.05) is 31.4 Å². The lowest BCUT2D eigenvalue weighted by Gasteiger charge is -2.23. The van der Waals surface area contributed by atoms with Crippen LogP contribution in [0.15, 0.2) is 42.6 Å². The minimum atomic E-state index is -0.0135. The quantitative estimate of drug-likeness (QED) is 0.752. The Morgan fingerprint density at radius 2 is 1.86 bits per heavy atom. The number of aromatic nitrogens is 1. The maximum absolute atomic E-state index is 12.0. The van der Waals surface area contributed by atoms with E-state index in [2.05, 4.69) is 32.9 Å². The van der Waals surface area contributed by atoms with Gasteiger partial charge in [-0.3, -0.25) is 4.79 Å². The molecule has 0 fully saturated rings. The summed E-state index contributed by atoms with van der Waals surface area (Å²) >= 11 is 0. The third-order valence-corrected chi connectivity index (χ3v) is 4.12. The number of carbonyl (C=O) groups is 1. The molecular weight excluding hydrogens is 262 g/mol. The second kappa shape index (κ2) is 6.17. The molecule has 0 unspecified atom stereocenters. The Morgan fingerprint density at radius 1 is 1.19 bits per heavy atom. The van der Waals surface area contributed by atoms with Crippen molar-refractivity contribution >= 4 is 5.78 Å². The number of ketones is 1. The zero-order valence-corrected chi connectivity index (χ0v) is 13.2. The Labute approximate surface area is 126 Å². The fraction of sp³-hybridized carbons (Fsp3) is 0.389. The van der Waals surface area contributed by atoms with Crippen LogP contribution in [-0.4, -0.2) is 17.0 Å². The van der Waals surface area contributed by atoms with Crippen molar-refractivity contribution in [1.82, 2.24) is 4.57 Å². The zero-order valence-electron chi connectivity index (χ0n) is 13.2. The van der Waals surface area contributed by atoms with E-state index in [9.17, 15) is 4.79 Å². The van der Waals surface area contributed by atoms with E-state index in [1.165, 1.54) is 5.56 Å². The van der Waals surface area contributed by atoms with Crippen LogP contribution < -0.4 is 4.74 Å². The molecule has 2 rings (SSSR count). The Bertz CT molecular complexity index is 608. The van der Waals surface area contributed by atoms with E-state index in [-0.39, 0.29) is 17.8 Å². The highest BCUT2D eigenvalue weighted by Crippen LogP contribution is 2.28. The molecule has 112 valence electrons. The van der Waals surface area contributed by atoms with Crippen LogP contribution in [0.3, 0.4) is 0 Å². The van der Waals surface area contributed by atoms with Crippen LogP contribution in [-0.2, 0) is 12.5 Å². The summed E-state index contributed by atoms with van der Waals surface area (Å²) in [5.74, 6) is 0.716. The predicted molar refractivity (Wildman–Crippen MR) is 85.0 cm³/mol. The molecule has 0 saturated heterocycles. The molecule has 1 aromatic heterocycles. The van der Waals surface area contributed by atoms with Crippen molar-refractivity contribution in [3.05, 3.63) is 53.9 Å². The minimum Gasteiger partial charge on any atom is -0.485 e. The molecule has 0 aliphatic carbocycles. The van der Waals surface area contributed by atoms with Gasteiger partial charge in [-0.1, -0.05) is 32.9 Å². The lowest BCUT2D eigenvalue weighted by molar-refractivity contribution is 0.0913. The van der Waals surface area contributed by atoms with E-state index in [4.69, 9.17) is 4.74 Å². The van der Waals surface area contributed by atoms with Gasteiger partial charge in [0.15, 0.2) is 6.61 Å². The third kappa shape index (κ3) is 3.54. The number of carbonyl (C=O) groups excluding carboxylic acids is 1. The molecule has 0 saturated carbocycles. The summed E-state index contributed by atoms with van der Waals surface area (Å²) in [5, 5.41) is 0. The molecule has 0 aliphatic heterocycles. The second-order valence-corrected chi connectivity index (χ2v) is 5.98. The lowest BCUT2D eigenvalue weighted by atomic mass is 9.82. The molecule has 0 bridgehead atoms. The lowest BCUT2D eigenvalue weighted by Crippen LogP contribution is -2.16. The molecule has 0 amide bonds. The zero-order chi connectivity index (χ0) is 15.5. The van der Waals surface area contributed by atoms with Crippen LogP contribution in [0.5, 0.6) is 5.75 Å². The SMILES string of the molecule is CCC(C)(C)c1ccc(OCC(=O)c2cccn2C)cc1. The van der Waals surface area contributed by atoms with Crippen molar-refractivity contribution in [2.24, 2.45) is 7.05 Å². The summed E-state index contributed by atoms with van der Waals surface area (Å²) in [4.78, 5) is 12.0. The largest absolute Gasteiger partial charge is 0.485 e. The molecule has 0 spiro atoms.